The van der Waals surface area contributed by atoms with Crippen molar-refractivity contribution in [2.24, 2.45) is 0 Å². The van der Waals surface area contributed by atoms with Crippen molar-refractivity contribution < 1.29 is 13.2 Å². The molecular formula is C16H20N4O3S. The van der Waals surface area contributed by atoms with E-state index >= 15 is 0 Å². The van der Waals surface area contributed by atoms with E-state index in [9.17, 15) is 13.2 Å². The Bertz CT molecular complexity index is 764. The van der Waals surface area contributed by atoms with Crippen LogP contribution in [0.4, 0.5) is 10.5 Å². The number of para-hydroxylation sites is 1. The van der Waals surface area contributed by atoms with Gasteiger partial charge in [-0.05, 0) is 18.6 Å². The van der Waals surface area contributed by atoms with E-state index in [4.69, 9.17) is 5.26 Å². The van der Waals surface area contributed by atoms with Crippen molar-refractivity contribution in [1.29, 1.82) is 5.26 Å². The molecule has 0 aromatic heterocycles. The normalized spacial score (nSPS) is 23.6. The minimum atomic E-state index is -2.89. The predicted molar refractivity (Wildman–Crippen MR) is 90.4 cm³/mol. The summed E-state index contributed by atoms with van der Waals surface area (Å²) in [5.41, 5.74) is 0.940. The van der Waals surface area contributed by atoms with Gasteiger partial charge in [-0.25, -0.2) is 13.2 Å². The molecule has 2 fully saturated rings. The lowest BCUT2D eigenvalue weighted by molar-refractivity contribution is 0.121. The van der Waals surface area contributed by atoms with Crippen LogP contribution in [0, 0.1) is 11.3 Å². The molecule has 1 N–H and O–H groups in total. The summed E-state index contributed by atoms with van der Waals surface area (Å²) in [4.78, 5) is 16.2. The van der Waals surface area contributed by atoms with Crippen LogP contribution in [0.2, 0.25) is 0 Å². The van der Waals surface area contributed by atoms with Gasteiger partial charge in [-0.3, -0.25) is 4.90 Å². The number of nitrogens with zero attached hydrogens (tertiary/aromatic N) is 3. The van der Waals surface area contributed by atoms with Crippen LogP contribution >= 0.6 is 0 Å². The van der Waals surface area contributed by atoms with Crippen molar-refractivity contribution in [2.45, 2.75) is 12.5 Å². The maximum Gasteiger partial charge on any atom is 0.321 e. The number of hydrogen-bond donors (Lipinski definition) is 1. The van der Waals surface area contributed by atoms with Gasteiger partial charge < -0.3 is 10.2 Å². The zero-order valence-corrected chi connectivity index (χ0v) is 14.1. The number of urea groups is 1. The Morgan fingerprint density at radius 1 is 1.21 bits per heavy atom. The fraction of sp³-hybridized carbons (Fsp3) is 0.500. The van der Waals surface area contributed by atoms with Gasteiger partial charge in [0.15, 0.2) is 9.84 Å². The summed E-state index contributed by atoms with van der Waals surface area (Å²) in [5, 5.41) is 11.8. The Balaban J connectivity index is 1.55. The molecular weight excluding hydrogens is 328 g/mol. The number of carbonyl (C=O) groups is 1. The second-order valence-corrected chi connectivity index (χ2v) is 8.40. The molecule has 0 saturated carbocycles. The minimum absolute atomic E-state index is 0.0829. The average molecular weight is 348 g/mol. The molecule has 2 aliphatic rings. The van der Waals surface area contributed by atoms with Gasteiger partial charge in [0.2, 0.25) is 0 Å². The number of rotatable bonds is 2. The first-order chi connectivity index (χ1) is 11.5. The molecule has 2 aliphatic heterocycles. The van der Waals surface area contributed by atoms with Gasteiger partial charge in [0, 0.05) is 32.2 Å². The van der Waals surface area contributed by atoms with Crippen LogP contribution in [0.5, 0.6) is 0 Å². The van der Waals surface area contributed by atoms with Gasteiger partial charge in [-0.2, -0.15) is 5.26 Å². The Morgan fingerprint density at radius 2 is 1.92 bits per heavy atom. The van der Waals surface area contributed by atoms with Gasteiger partial charge >= 0.3 is 6.03 Å². The van der Waals surface area contributed by atoms with E-state index in [1.54, 1.807) is 29.2 Å². The highest BCUT2D eigenvalue weighted by atomic mass is 32.2. The van der Waals surface area contributed by atoms with Crippen LogP contribution in [-0.4, -0.2) is 68.0 Å². The third-order valence-corrected chi connectivity index (χ3v) is 6.37. The van der Waals surface area contributed by atoms with Gasteiger partial charge in [0.05, 0.1) is 22.8 Å². The first-order valence-electron chi connectivity index (χ1n) is 7.98. The molecule has 128 valence electrons. The number of sulfone groups is 1. The second-order valence-electron chi connectivity index (χ2n) is 6.17. The first kappa shape index (κ1) is 16.7. The Kier molecular flexibility index (Phi) is 4.73. The summed E-state index contributed by atoms with van der Waals surface area (Å²) in [5.74, 6) is 0.498. The smallest absolute Gasteiger partial charge is 0.321 e. The third kappa shape index (κ3) is 3.68. The molecule has 3 rings (SSSR count). The third-order valence-electron chi connectivity index (χ3n) is 4.62. The van der Waals surface area contributed by atoms with Gasteiger partial charge in [-0.1, -0.05) is 12.1 Å². The molecule has 0 bridgehead atoms. The lowest BCUT2D eigenvalue weighted by Crippen LogP contribution is -2.53. The predicted octanol–water partition coefficient (Wildman–Crippen LogP) is 0.895. The molecule has 0 spiro atoms. The standard InChI is InChI=1S/C16H20N4O3S/c17-11-13-3-1-2-4-15(13)18-16(21)20-8-6-19(7-9-20)14-5-10-24(22,23)12-14/h1-4,14H,5-10,12H2,(H,18,21). The molecule has 2 saturated heterocycles. The number of piperazine rings is 1. The monoisotopic (exact) mass is 348 g/mol. The lowest BCUT2D eigenvalue weighted by Gasteiger charge is -2.37. The molecule has 1 unspecified atom stereocenters. The first-order valence-corrected chi connectivity index (χ1v) is 9.80. The Hall–Kier alpha value is -2.11. The van der Waals surface area contributed by atoms with E-state index in [0.29, 0.717) is 43.9 Å². The molecule has 0 aliphatic carbocycles. The van der Waals surface area contributed by atoms with Crippen molar-refractivity contribution in [3.63, 3.8) is 0 Å². The average Bonchev–Trinajstić information content (AvgIpc) is 2.95. The molecule has 7 nitrogen and oxygen atoms in total. The summed E-state index contributed by atoms with van der Waals surface area (Å²) >= 11 is 0. The van der Waals surface area contributed by atoms with Crippen LogP contribution in [0.3, 0.4) is 0 Å². The molecule has 2 amide bonds. The van der Waals surface area contributed by atoms with Crippen LogP contribution in [-0.2, 0) is 9.84 Å². The van der Waals surface area contributed by atoms with E-state index < -0.39 is 9.84 Å². The van der Waals surface area contributed by atoms with Crippen molar-refractivity contribution in [3.05, 3.63) is 29.8 Å². The zero-order valence-electron chi connectivity index (χ0n) is 13.3. The van der Waals surface area contributed by atoms with E-state index in [0.717, 1.165) is 0 Å². The van der Waals surface area contributed by atoms with Crippen LogP contribution < -0.4 is 5.32 Å². The van der Waals surface area contributed by atoms with Gasteiger partial charge in [0.25, 0.3) is 0 Å². The minimum Gasteiger partial charge on any atom is -0.322 e. The van der Waals surface area contributed by atoms with Gasteiger partial charge in [0.1, 0.15) is 6.07 Å². The fourth-order valence-electron chi connectivity index (χ4n) is 3.24. The number of anilines is 1. The quantitative estimate of drug-likeness (QED) is 0.857. The second kappa shape index (κ2) is 6.79. The highest BCUT2D eigenvalue weighted by Crippen LogP contribution is 2.20. The highest BCUT2D eigenvalue weighted by molar-refractivity contribution is 7.91. The molecule has 0 radical (unpaired) electrons. The van der Waals surface area contributed by atoms with Crippen molar-refractivity contribution in [1.82, 2.24) is 9.80 Å². The number of benzene rings is 1. The summed E-state index contributed by atoms with van der Waals surface area (Å²) in [7, 11) is -2.89. The SMILES string of the molecule is N#Cc1ccccc1NC(=O)N1CCN(C2CCS(=O)(=O)C2)CC1. The summed E-state index contributed by atoms with van der Waals surface area (Å²) in [6.07, 6.45) is 0.685. The molecule has 24 heavy (non-hydrogen) atoms. The van der Waals surface area contributed by atoms with Crippen LogP contribution in [0.25, 0.3) is 0 Å². The number of hydrogen-bond acceptors (Lipinski definition) is 5. The number of nitriles is 1. The number of carbonyl (C=O) groups excluding carboxylic acids is 1. The van der Waals surface area contributed by atoms with E-state index in [1.807, 2.05) is 0 Å². The molecule has 2 heterocycles. The maximum absolute atomic E-state index is 12.4. The molecule has 1 aromatic carbocycles. The van der Waals surface area contributed by atoms with E-state index in [1.165, 1.54) is 0 Å². The molecule has 8 heteroatoms. The summed E-state index contributed by atoms with van der Waals surface area (Å²) in [6.45, 7) is 2.45. The van der Waals surface area contributed by atoms with Crippen LogP contribution in [0.15, 0.2) is 24.3 Å². The number of amides is 2. The van der Waals surface area contributed by atoms with Gasteiger partial charge in [-0.15, -0.1) is 0 Å². The van der Waals surface area contributed by atoms with E-state index in [-0.39, 0.29) is 23.6 Å². The molecule has 1 aromatic rings. The highest BCUT2D eigenvalue weighted by Gasteiger charge is 2.34. The van der Waals surface area contributed by atoms with E-state index in [2.05, 4.69) is 16.3 Å². The Morgan fingerprint density at radius 3 is 2.54 bits per heavy atom. The summed E-state index contributed by atoms with van der Waals surface area (Å²) < 4.78 is 23.2. The lowest BCUT2D eigenvalue weighted by atomic mass is 10.2. The van der Waals surface area contributed by atoms with Crippen molar-refractivity contribution in [2.75, 3.05) is 43.0 Å². The van der Waals surface area contributed by atoms with Crippen LogP contribution in [0.1, 0.15) is 12.0 Å². The maximum atomic E-state index is 12.4. The van der Waals surface area contributed by atoms with Crippen molar-refractivity contribution in [3.8, 4) is 6.07 Å². The largest absolute Gasteiger partial charge is 0.322 e. The Labute approximate surface area is 141 Å². The molecule has 1 atom stereocenters. The van der Waals surface area contributed by atoms with Crippen molar-refractivity contribution >= 4 is 21.6 Å². The zero-order chi connectivity index (χ0) is 17.2. The topological polar surface area (TPSA) is 93.5 Å². The summed E-state index contributed by atoms with van der Waals surface area (Å²) in [6, 6.07) is 8.81. The number of nitrogens with one attached hydrogen (secondary N) is 1. The fourth-order valence-corrected chi connectivity index (χ4v) is 5.00.